The highest BCUT2D eigenvalue weighted by atomic mass is 28.4. The molecule has 0 heterocycles. The van der Waals surface area contributed by atoms with Crippen LogP contribution < -0.4 is 0 Å². The van der Waals surface area contributed by atoms with Crippen LogP contribution in [0.4, 0.5) is 4.79 Å². The van der Waals surface area contributed by atoms with Crippen LogP contribution in [0, 0.1) is 0 Å². The summed E-state index contributed by atoms with van der Waals surface area (Å²) in [6.07, 6.45) is 0.351. The average Bonchev–Trinajstić information content (AvgIpc) is 2.25. The third-order valence-electron chi connectivity index (χ3n) is 3.77. The second-order valence-corrected chi connectivity index (χ2v) is 18.8. The topological polar surface area (TPSA) is 35.5 Å². The van der Waals surface area contributed by atoms with Crippen LogP contribution in [0.3, 0.4) is 0 Å². The number of ether oxygens (including phenoxy) is 2. The highest BCUT2D eigenvalue weighted by Gasteiger charge is 2.39. The Kier molecular flexibility index (Phi) is 7.76. The lowest BCUT2D eigenvalue weighted by Crippen LogP contribution is -2.44. The van der Waals surface area contributed by atoms with Crippen LogP contribution in [0.15, 0.2) is 0 Å². The molecule has 0 aliphatic carbocycles. The Morgan fingerprint density at radius 2 is 1.70 bits per heavy atom. The number of methoxy groups -OCH3 is 1. The Labute approximate surface area is 130 Å². The molecular formula is C14H30O3Si3. The Balaban J connectivity index is 4.11. The summed E-state index contributed by atoms with van der Waals surface area (Å²) < 4.78 is 10.2. The number of carbonyl (C=O) groups excluding carboxylic acids is 1. The van der Waals surface area contributed by atoms with E-state index in [1.807, 2.05) is 0 Å². The third kappa shape index (κ3) is 7.64. The fourth-order valence-corrected chi connectivity index (χ4v) is 8.69. The largest absolute Gasteiger partial charge is 0.507 e. The molecule has 0 fully saturated rings. The fourth-order valence-electron chi connectivity index (χ4n) is 1.70. The summed E-state index contributed by atoms with van der Waals surface area (Å²) in [5.74, 6) is 0. The summed E-state index contributed by atoms with van der Waals surface area (Å²) in [6, 6.07) is 1.12. The molecule has 6 heteroatoms. The van der Waals surface area contributed by atoms with E-state index in [-0.39, 0.29) is 0 Å². The lowest BCUT2D eigenvalue weighted by Gasteiger charge is -2.42. The van der Waals surface area contributed by atoms with Gasteiger partial charge in [-0.05, 0) is 11.1 Å². The minimum atomic E-state index is -1.14. The molecule has 0 bridgehead atoms. The Morgan fingerprint density at radius 1 is 1.15 bits per heavy atom. The van der Waals surface area contributed by atoms with Gasteiger partial charge in [-0.3, -0.25) is 0 Å². The van der Waals surface area contributed by atoms with Crippen molar-refractivity contribution in [3.63, 3.8) is 0 Å². The third-order valence-corrected chi connectivity index (χ3v) is 13.8. The SMILES string of the molecule is COC(=O)OCCC[Si]C(C)(C)[Si]C(C)(C)[Si](C)(C)C. The van der Waals surface area contributed by atoms with E-state index in [2.05, 4.69) is 52.1 Å². The molecule has 116 valence electrons. The van der Waals surface area contributed by atoms with E-state index in [1.54, 1.807) is 0 Å². The molecule has 0 N–H and O–H groups in total. The van der Waals surface area contributed by atoms with Crippen LogP contribution in [0.2, 0.25) is 35.0 Å². The zero-order valence-corrected chi connectivity index (χ0v) is 17.3. The van der Waals surface area contributed by atoms with Gasteiger partial charge in [0.2, 0.25) is 0 Å². The van der Waals surface area contributed by atoms with Gasteiger partial charge in [0.25, 0.3) is 0 Å². The van der Waals surface area contributed by atoms with Crippen LogP contribution in [0.5, 0.6) is 0 Å². The first-order valence-corrected chi connectivity index (χ1v) is 12.9. The van der Waals surface area contributed by atoms with E-state index >= 15 is 0 Å². The van der Waals surface area contributed by atoms with Crippen molar-refractivity contribution in [2.75, 3.05) is 13.7 Å². The van der Waals surface area contributed by atoms with Crippen LogP contribution in [-0.4, -0.2) is 47.0 Å². The molecule has 0 aromatic heterocycles. The van der Waals surface area contributed by atoms with Crippen LogP contribution in [0.25, 0.3) is 0 Å². The van der Waals surface area contributed by atoms with Crippen LogP contribution in [-0.2, 0) is 9.47 Å². The average molecular weight is 331 g/mol. The van der Waals surface area contributed by atoms with Gasteiger partial charge in [-0.15, -0.1) is 0 Å². The first-order chi connectivity index (χ1) is 8.91. The van der Waals surface area contributed by atoms with Gasteiger partial charge in [-0.25, -0.2) is 4.79 Å². The summed E-state index contributed by atoms with van der Waals surface area (Å²) in [7, 11) is 2.11. The molecule has 0 aliphatic rings. The monoisotopic (exact) mass is 330 g/mol. The van der Waals surface area contributed by atoms with Crippen LogP contribution in [0.1, 0.15) is 34.1 Å². The van der Waals surface area contributed by atoms with Crippen molar-refractivity contribution in [2.24, 2.45) is 0 Å². The van der Waals surface area contributed by atoms with Gasteiger partial charge in [0.1, 0.15) is 0 Å². The predicted octanol–water partition coefficient (Wildman–Crippen LogP) is 4.22. The zero-order valence-electron chi connectivity index (χ0n) is 14.3. The molecule has 0 aromatic rings. The molecule has 4 radical (unpaired) electrons. The van der Waals surface area contributed by atoms with Crippen molar-refractivity contribution in [1.82, 2.24) is 0 Å². The maximum atomic E-state index is 10.8. The van der Waals surface area contributed by atoms with Gasteiger partial charge in [0.05, 0.1) is 13.7 Å². The summed E-state index contributed by atoms with van der Waals surface area (Å²) in [4.78, 5) is 10.8. The first-order valence-electron chi connectivity index (χ1n) is 7.16. The van der Waals surface area contributed by atoms with Crippen molar-refractivity contribution in [3.05, 3.63) is 0 Å². The van der Waals surface area contributed by atoms with Crippen LogP contribution >= 0.6 is 0 Å². The minimum absolute atomic E-state index is 0.398. The van der Waals surface area contributed by atoms with Gasteiger partial charge in [-0.1, -0.05) is 58.0 Å². The molecule has 0 aromatic carbocycles. The van der Waals surface area contributed by atoms with Crippen molar-refractivity contribution in [2.45, 2.75) is 69.1 Å². The van der Waals surface area contributed by atoms with Gasteiger partial charge in [-0.2, -0.15) is 0 Å². The molecule has 0 spiro atoms. The van der Waals surface area contributed by atoms with E-state index in [1.165, 1.54) is 7.11 Å². The second-order valence-electron chi connectivity index (χ2n) is 7.21. The molecule has 0 rings (SSSR count). The maximum Gasteiger partial charge on any atom is 0.507 e. The normalized spacial score (nSPS) is 13.2. The second kappa shape index (κ2) is 7.79. The summed E-state index contributed by atoms with van der Waals surface area (Å²) >= 11 is 0. The quantitative estimate of drug-likeness (QED) is 0.380. The molecular weight excluding hydrogens is 300 g/mol. The van der Waals surface area contributed by atoms with E-state index in [4.69, 9.17) is 4.74 Å². The Hall–Kier alpha value is -0.0794. The highest BCUT2D eigenvalue weighted by molar-refractivity contribution is 6.89. The Bertz CT molecular complexity index is 309. The van der Waals surface area contributed by atoms with E-state index < -0.39 is 14.2 Å². The fraction of sp³-hybridized carbons (Fsp3) is 0.929. The van der Waals surface area contributed by atoms with Crippen molar-refractivity contribution >= 4 is 33.3 Å². The minimum Gasteiger partial charge on any atom is -0.438 e. The highest BCUT2D eigenvalue weighted by Crippen LogP contribution is 2.42. The summed E-state index contributed by atoms with van der Waals surface area (Å²) in [5.41, 5.74) is 0. The molecule has 0 aliphatic heterocycles. The Morgan fingerprint density at radius 3 is 2.15 bits per heavy atom. The lowest BCUT2D eigenvalue weighted by atomic mass is 10.5. The van der Waals surface area contributed by atoms with E-state index in [0.717, 1.165) is 31.5 Å². The molecule has 3 nitrogen and oxygen atoms in total. The zero-order chi connectivity index (χ0) is 16.0. The molecule has 0 atom stereocenters. The van der Waals surface area contributed by atoms with Gasteiger partial charge in [0.15, 0.2) is 0 Å². The van der Waals surface area contributed by atoms with E-state index in [0.29, 0.717) is 15.9 Å². The number of rotatable bonds is 8. The van der Waals surface area contributed by atoms with Gasteiger partial charge < -0.3 is 9.47 Å². The van der Waals surface area contributed by atoms with Gasteiger partial charge >= 0.3 is 6.16 Å². The molecule has 0 amide bonds. The van der Waals surface area contributed by atoms with E-state index in [9.17, 15) is 4.79 Å². The summed E-state index contributed by atoms with van der Waals surface area (Å²) in [5, 5.41) is 0. The summed E-state index contributed by atoms with van der Waals surface area (Å²) in [6.45, 7) is 17.5. The number of carbonyl (C=O) groups is 1. The number of hydrogen-bond donors (Lipinski definition) is 0. The van der Waals surface area contributed by atoms with Gasteiger partial charge in [0, 0.05) is 27.1 Å². The first kappa shape index (κ1) is 19.9. The molecule has 0 unspecified atom stereocenters. The standard InChI is InChI=1S/C14H30O3Si3/c1-13(2,19-14(3,4)20(6,7)8)18-11-9-10-17-12(15)16-5/h9-11H2,1-8H3. The number of hydrogen-bond acceptors (Lipinski definition) is 3. The smallest absolute Gasteiger partial charge is 0.438 e. The maximum absolute atomic E-state index is 10.8. The predicted molar refractivity (Wildman–Crippen MR) is 90.7 cm³/mol. The van der Waals surface area contributed by atoms with Crippen molar-refractivity contribution in [3.8, 4) is 0 Å². The molecule has 0 saturated heterocycles. The molecule has 0 saturated carbocycles. The van der Waals surface area contributed by atoms with Crippen molar-refractivity contribution in [1.29, 1.82) is 0 Å². The van der Waals surface area contributed by atoms with Crippen molar-refractivity contribution < 1.29 is 14.3 Å². The molecule has 20 heavy (non-hydrogen) atoms. The lowest BCUT2D eigenvalue weighted by molar-refractivity contribution is 0.0728.